The molecule has 1 N–H and O–H groups in total. The zero-order valence-electron chi connectivity index (χ0n) is 16.2. The van der Waals surface area contributed by atoms with E-state index in [0.717, 1.165) is 12.8 Å². The van der Waals surface area contributed by atoms with Gasteiger partial charge in [-0.2, -0.15) is 0 Å². The van der Waals surface area contributed by atoms with Crippen molar-refractivity contribution in [1.82, 2.24) is 0 Å². The van der Waals surface area contributed by atoms with Crippen molar-refractivity contribution in [3.05, 3.63) is 59.2 Å². The van der Waals surface area contributed by atoms with E-state index in [9.17, 15) is 9.59 Å². The third-order valence-electron chi connectivity index (χ3n) is 4.06. The SMILES string of the molecule is CCOC(=O)c1ccc(NC(=O)CCCc2ccc(C)cc2)c(OCC)c1. The molecule has 0 aliphatic heterocycles. The first-order valence-corrected chi connectivity index (χ1v) is 9.32. The lowest BCUT2D eigenvalue weighted by Gasteiger charge is -2.13. The van der Waals surface area contributed by atoms with E-state index in [1.54, 1.807) is 25.1 Å². The molecule has 0 heterocycles. The first-order valence-electron chi connectivity index (χ1n) is 9.32. The van der Waals surface area contributed by atoms with Gasteiger partial charge in [0.05, 0.1) is 24.5 Å². The van der Waals surface area contributed by atoms with Gasteiger partial charge in [0, 0.05) is 6.42 Å². The average molecular weight is 369 g/mol. The van der Waals surface area contributed by atoms with Gasteiger partial charge in [0.1, 0.15) is 5.75 Å². The van der Waals surface area contributed by atoms with Crippen molar-refractivity contribution < 1.29 is 19.1 Å². The summed E-state index contributed by atoms with van der Waals surface area (Å²) in [5, 5.41) is 2.87. The van der Waals surface area contributed by atoms with Crippen LogP contribution in [0.5, 0.6) is 5.75 Å². The predicted octanol–water partition coefficient (Wildman–Crippen LogP) is 4.53. The van der Waals surface area contributed by atoms with E-state index in [0.29, 0.717) is 36.6 Å². The number of hydrogen-bond donors (Lipinski definition) is 1. The minimum Gasteiger partial charge on any atom is -0.492 e. The monoisotopic (exact) mass is 369 g/mol. The molecule has 27 heavy (non-hydrogen) atoms. The topological polar surface area (TPSA) is 64.6 Å². The number of nitrogens with one attached hydrogen (secondary N) is 1. The minimum absolute atomic E-state index is 0.0769. The standard InChI is InChI=1S/C22H27NO4/c1-4-26-20-15-18(22(25)27-5-2)13-14-19(20)23-21(24)8-6-7-17-11-9-16(3)10-12-17/h9-15H,4-8H2,1-3H3,(H,23,24). The van der Waals surface area contributed by atoms with Gasteiger partial charge in [0.25, 0.3) is 0 Å². The molecule has 1 amide bonds. The lowest BCUT2D eigenvalue weighted by Crippen LogP contribution is -2.13. The van der Waals surface area contributed by atoms with Gasteiger partial charge < -0.3 is 14.8 Å². The third kappa shape index (κ3) is 6.44. The Bertz CT molecular complexity index is 768. The Balaban J connectivity index is 1.94. The Hall–Kier alpha value is -2.82. The van der Waals surface area contributed by atoms with Crippen LogP contribution in [0, 0.1) is 6.92 Å². The normalized spacial score (nSPS) is 10.3. The van der Waals surface area contributed by atoms with E-state index in [1.807, 2.05) is 6.92 Å². The smallest absolute Gasteiger partial charge is 0.338 e. The Labute approximate surface area is 160 Å². The number of carbonyl (C=O) groups excluding carboxylic acids is 2. The van der Waals surface area contributed by atoms with Crippen molar-refractivity contribution in [2.24, 2.45) is 0 Å². The number of ether oxygens (including phenoxy) is 2. The number of rotatable bonds is 9. The van der Waals surface area contributed by atoms with E-state index < -0.39 is 5.97 Å². The van der Waals surface area contributed by atoms with Crippen LogP contribution in [-0.4, -0.2) is 25.1 Å². The van der Waals surface area contributed by atoms with E-state index in [4.69, 9.17) is 9.47 Å². The lowest BCUT2D eigenvalue weighted by molar-refractivity contribution is -0.116. The van der Waals surface area contributed by atoms with Crippen LogP contribution >= 0.6 is 0 Å². The molecule has 0 fully saturated rings. The Morgan fingerprint density at radius 1 is 1.00 bits per heavy atom. The van der Waals surface area contributed by atoms with Crippen molar-refractivity contribution in [3.8, 4) is 5.75 Å². The molecule has 0 aromatic heterocycles. The van der Waals surface area contributed by atoms with Gasteiger partial charge >= 0.3 is 5.97 Å². The van der Waals surface area contributed by atoms with Crippen LogP contribution in [0.3, 0.4) is 0 Å². The van der Waals surface area contributed by atoms with Gasteiger partial charge in [-0.05, 0) is 57.4 Å². The summed E-state index contributed by atoms with van der Waals surface area (Å²) < 4.78 is 10.6. The summed E-state index contributed by atoms with van der Waals surface area (Å²) in [6, 6.07) is 13.2. The number of esters is 1. The molecule has 5 heteroatoms. The molecule has 2 aromatic carbocycles. The second-order valence-corrected chi connectivity index (χ2v) is 6.25. The number of aryl methyl sites for hydroxylation is 2. The van der Waals surface area contributed by atoms with Crippen LogP contribution in [0.4, 0.5) is 5.69 Å². The minimum atomic E-state index is -0.408. The second-order valence-electron chi connectivity index (χ2n) is 6.25. The third-order valence-corrected chi connectivity index (χ3v) is 4.06. The predicted molar refractivity (Wildman–Crippen MR) is 106 cm³/mol. The lowest BCUT2D eigenvalue weighted by atomic mass is 10.1. The summed E-state index contributed by atoms with van der Waals surface area (Å²) in [5.74, 6) is -0.0173. The van der Waals surface area contributed by atoms with E-state index in [1.165, 1.54) is 11.1 Å². The van der Waals surface area contributed by atoms with Gasteiger partial charge in [-0.3, -0.25) is 4.79 Å². The summed E-state index contributed by atoms with van der Waals surface area (Å²) in [5.41, 5.74) is 3.41. The van der Waals surface area contributed by atoms with Gasteiger partial charge in [-0.25, -0.2) is 4.79 Å². The Morgan fingerprint density at radius 2 is 1.74 bits per heavy atom. The van der Waals surface area contributed by atoms with Gasteiger partial charge in [-0.1, -0.05) is 29.8 Å². The van der Waals surface area contributed by atoms with Crippen LogP contribution < -0.4 is 10.1 Å². The average Bonchev–Trinajstić information content (AvgIpc) is 2.65. The molecule has 0 bridgehead atoms. The highest BCUT2D eigenvalue weighted by Gasteiger charge is 2.13. The number of hydrogen-bond acceptors (Lipinski definition) is 4. The van der Waals surface area contributed by atoms with E-state index >= 15 is 0 Å². The fourth-order valence-electron chi connectivity index (χ4n) is 2.66. The van der Waals surface area contributed by atoms with Crippen LogP contribution in [0.1, 0.15) is 48.2 Å². The highest BCUT2D eigenvalue weighted by atomic mass is 16.5. The highest BCUT2D eigenvalue weighted by Crippen LogP contribution is 2.27. The van der Waals surface area contributed by atoms with Gasteiger partial charge in [0.2, 0.25) is 5.91 Å². The van der Waals surface area contributed by atoms with Crippen LogP contribution in [-0.2, 0) is 16.0 Å². The van der Waals surface area contributed by atoms with Crippen molar-refractivity contribution in [2.75, 3.05) is 18.5 Å². The van der Waals surface area contributed by atoms with Crippen molar-refractivity contribution in [1.29, 1.82) is 0 Å². The Morgan fingerprint density at radius 3 is 2.41 bits per heavy atom. The Kier molecular flexibility index (Phi) is 7.86. The molecule has 5 nitrogen and oxygen atoms in total. The fourth-order valence-corrected chi connectivity index (χ4v) is 2.66. The zero-order valence-corrected chi connectivity index (χ0v) is 16.2. The fraction of sp³-hybridized carbons (Fsp3) is 0.364. The molecule has 0 aliphatic carbocycles. The largest absolute Gasteiger partial charge is 0.492 e. The van der Waals surface area contributed by atoms with Crippen LogP contribution in [0.2, 0.25) is 0 Å². The maximum Gasteiger partial charge on any atom is 0.338 e. The van der Waals surface area contributed by atoms with Crippen molar-refractivity contribution in [3.63, 3.8) is 0 Å². The molecule has 2 rings (SSSR count). The second kappa shape index (κ2) is 10.4. The molecule has 0 atom stereocenters. The summed E-state index contributed by atoms with van der Waals surface area (Å²) >= 11 is 0. The molecular formula is C22H27NO4. The number of benzene rings is 2. The molecular weight excluding hydrogens is 342 g/mol. The number of anilines is 1. The number of carbonyl (C=O) groups is 2. The highest BCUT2D eigenvalue weighted by molar-refractivity contribution is 5.95. The van der Waals surface area contributed by atoms with Crippen LogP contribution in [0.25, 0.3) is 0 Å². The summed E-state index contributed by atoms with van der Waals surface area (Å²) in [7, 11) is 0. The molecule has 144 valence electrons. The molecule has 0 radical (unpaired) electrons. The van der Waals surface area contributed by atoms with Gasteiger partial charge in [-0.15, -0.1) is 0 Å². The summed E-state index contributed by atoms with van der Waals surface area (Å²) in [4.78, 5) is 24.1. The molecule has 0 saturated carbocycles. The summed E-state index contributed by atoms with van der Waals surface area (Å²) in [6.45, 7) is 6.40. The number of amides is 1. The van der Waals surface area contributed by atoms with Crippen molar-refractivity contribution >= 4 is 17.6 Å². The molecule has 2 aromatic rings. The molecule has 0 unspecified atom stereocenters. The van der Waals surface area contributed by atoms with E-state index in [2.05, 4.69) is 36.5 Å². The first kappa shape index (κ1) is 20.5. The first-order chi connectivity index (χ1) is 13.0. The molecule has 0 spiro atoms. The molecule has 0 saturated heterocycles. The quantitative estimate of drug-likeness (QED) is 0.660. The summed E-state index contributed by atoms with van der Waals surface area (Å²) in [6.07, 6.45) is 2.03. The zero-order chi connectivity index (χ0) is 19.6. The van der Waals surface area contributed by atoms with Crippen LogP contribution in [0.15, 0.2) is 42.5 Å². The maximum atomic E-state index is 12.3. The van der Waals surface area contributed by atoms with Crippen molar-refractivity contribution in [2.45, 2.75) is 40.0 Å². The van der Waals surface area contributed by atoms with E-state index in [-0.39, 0.29) is 5.91 Å². The maximum absolute atomic E-state index is 12.3. The van der Waals surface area contributed by atoms with Gasteiger partial charge in [0.15, 0.2) is 0 Å². The molecule has 0 aliphatic rings.